The van der Waals surface area contributed by atoms with Gasteiger partial charge >= 0.3 is 27.7 Å². The first-order valence-corrected chi connectivity index (χ1v) is 6.88. The molecular formula is C10H10F6O3S2. The zero-order valence-corrected chi connectivity index (χ0v) is 12.0. The lowest BCUT2D eigenvalue weighted by Crippen LogP contribution is -2.51. The summed E-state index contributed by atoms with van der Waals surface area (Å²) in [6.45, 7) is 2.06. The number of alkyl halides is 6. The fourth-order valence-corrected chi connectivity index (χ4v) is 1.43. The minimum Gasteiger partial charge on any atom is -0.281 e. The third-order valence-corrected chi connectivity index (χ3v) is 3.24. The Morgan fingerprint density at radius 1 is 1.10 bits per heavy atom. The Hall–Kier alpha value is -0.940. The molecule has 0 unspecified atom stereocenters. The third kappa shape index (κ3) is 5.08. The number of aryl methyl sites for hydroxylation is 1. The molecule has 0 fully saturated rings. The molecule has 0 aliphatic rings. The Kier molecular flexibility index (Phi) is 6.57. The molecule has 11 heteroatoms. The van der Waals surface area contributed by atoms with E-state index in [1.54, 1.807) is 0 Å². The lowest BCUT2D eigenvalue weighted by atomic mass is 10.2. The molecule has 0 aliphatic carbocycles. The zero-order valence-electron chi connectivity index (χ0n) is 10.3. The average Bonchev–Trinajstić information content (AvgIpc) is 2.32. The monoisotopic (exact) mass is 356 g/mol. The molecule has 122 valence electrons. The number of rotatable bonds is 3. The first kappa shape index (κ1) is 20.1. The van der Waals surface area contributed by atoms with E-state index in [4.69, 9.17) is 4.55 Å². The molecule has 0 bridgehead atoms. The van der Waals surface area contributed by atoms with Crippen LogP contribution < -0.4 is 0 Å². The van der Waals surface area contributed by atoms with Crippen molar-refractivity contribution in [3.8, 4) is 0 Å². The van der Waals surface area contributed by atoms with Crippen LogP contribution in [0.3, 0.4) is 0 Å². The highest BCUT2D eigenvalue weighted by atomic mass is 32.2. The van der Waals surface area contributed by atoms with Gasteiger partial charge in [-0.3, -0.25) is 4.55 Å². The van der Waals surface area contributed by atoms with Crippen molar-refractivity contribution in [2.75, 3.05) is 0 Å². The van der Waals surface area contributed by atoms with Crippen LogP contribution in [-0.4, -0.2) is 30.6 Å². The van der Waals surface area contributed by atoms with Gasteiger partial charge in [0.15, 0.2) is 0 Å². The van der Waals surface area contributed by atoms with Crippen molar-refractivity contribution in [2.24, 2.45) is 0 Å². The van der Waals surface area contributed by atoms with Gasteiger partial charge in [0.25, 0.3) is 0 Å². The maximum absolute atomic E-state index is 11.9. The second-order valence-corrected chi connectivity index (χ2v) is 5.73. The maximum atomic E-state index is 11.9. The smallest absolute Gasteiger partial charge is 0.281 e. The zero-order chi connectivity index (χ0) is 17.1. The Bertz CT molecular complexity index is 536. The number of benzene rings is 1. The van der Waals surface area contributed by atoms with Crippen LogP contribution in [-0.2, 0) is 10.1 Å². The van der Waals surface area contributed by atoms with Crippen LogP contribution in [0.1, 0.15) is 5.56 Å². The van der Waals surface area contributed by atoms with Crippen molar-refractivity contribution in [3.63, 3.8) is 0 Å². The largest absolute Gasteiger partial charge is 0.437 e. The molecule has 0 aliphatic heterocycles. The summed E-state index contributed by atoms with van der Waals surface area (Å²) in [7, 11) is -6.57. The van der Waals surface area contributed by atoms with E-state index in [1.165, 1.54) is 5.56 Å². The number of halogens is 6. The molecule has 0 saturated carbocycles. The fraction of sp³-hybridized carbons (Fsp3) is 0.400. The molecule has 0 saturated heterocycles. The topological polar surface area (TPSA) is 54.4 Å². The molecular weight excluding hydrogens is 346 g/mol. The van der Waals surface area contributed by atoms with Crippen molar-refractivity contribution < 1.29 is 39.3 Å². The summed E-state index contributed by atoms with van der Waals surface area (Å²) in [4.78, 5) is 1.02. The fourth-order valence-electron chi connectivity index (χ4n) is 0.844. The van der Waals surface area contributed by atoms with Crippen LogP contribution in [0, 0.1) is 6.92 Å². The van der Waals surface area contributed by atoms with Crippen LogP contribution in [0.4, 0.5) is 26.3 Å². The molecule has 21 heavy (non-hydrogen) atoms. The Balaban J connectivity index is 0.000000423. The Labute approximate surface area is 122 Å². The summed E-state index contributed by atoms with van der Waals surface area (Å²) < 4.78 is 96.5. The van der Waals surface area contributed by atoms with Gasteiger partial charge in [0.1, 0.15) is 0 Å². The lowest BCUT2D eigenvalue weighted by Gasteiger charge is -2.22. The van der Waals surface area contributed by atoms with E-state index < -0.39 is 27.7 Å². The minimum atomic E-state index is -6.57. The quantitative estimate of drug-likeness (QED) is 0.494. The third-order valence-electron chi connectivity index (χ3n) is 2.02. The highest BCUT2D eigenvalue weighted by Crippen LogP contribution is 2.42. The highest BCUT2D eigenvalue weighted by Gasteiger charge is 2.70. The highest BCUT2D eigenvalue weighted by molar-refractivity contribution is 7.87. The number of hydrogen-bond donors (Lipinski definition) is 2. The lowest BCUT2D eigenvalue weighted by molar-refractivity contribution is -0.227. The normalized spacial score (nSPS) is 12.9. The predicted molar refractivity (Wildman–Crippen MR) is 65.9 cm³/mol. The molecule has 1 N–H and O–H groups in total. The summed E-state index contributed by atoms with van der Waals surface area (Å²) in [5.74, 6) is -6.12. The summed E-state index contributed by atoms with van der Waals surface area (Å²) in [6, 6.07) is 8.06. The molecule has 0 aromatic heterocycles. The van der Waals surface area contributed by atoms with Gasteiger partial charge in [0.2, 0.25) is 0 Å². The van der Waals surface area contributed by atoms with E-state index in [1.807, 2.05) is 24.3 Å². The second-order valence-electron chi connectivity index (χ2n) is 3.75. The first-order chi connectivity index (χ1) is 9.23. The van der Waals surface area contributed by atoms with Gasteiger partial charge in [-0.1, -0.05) is 17.7 Å². The van der Waals surface area contributed by atoms with Crippen LogP contribution >= 0.6 is 12.6 Å². The van der Waals surface area contributed by atoms with Crippen LogP contribution in [0.25, 0.3) is 0 Å². The molecule has 0 radical (unpaired) electrons. The van der Waals surface area contributed by atoms with E-state index >= 15 is 0 Å². The van der Waals surface area contributed by atoms with Crippen molar-refractivity contribution in [2.45, 2.75) is 29.4 Å². The number of thiol groups is 1. The van der Waals surface area contributed by atoms with E-state index in [2.05, 4.69) is 19.6 Å². The molecule has 1 rings (SSSR count). The van der Waals surface area contributed by atoms with Gasteiger partial charge in [0.05, 0.1) is 0 Å². The Morgan fingerprint density at radius 2 is 1.48 bits per heavy atom. The van der Waals surface area contributed by atoms with Crippen LogP contribution in [0.2, 0.25) is 0 Å². The number of hydrogen-bond acceptors (Lipinski definition) is 3. The summed E-state index contributed by atoms with van der Waals surface area (Å²) in [5, 5.41) is -6.20. The predicted octanol–water partition coefficient (Wildman–Crippen LogP) is 3.65. The molecule has 0 amide bonds. The molecule has 0 spiro atoms. The summed E-state index contributed by atoms with van der Waals surface area (Å²) in [5.41, 5.74) is 1.28. The van der Waals surface area contributed by atoms with Gasteiger partial charge in [-0.15, -0.1) is 12.6 Å². The van der Waals surface area contributed by atoms with Crippen molar-refractivity contribution in [3.05, 3.63) is 29.8 Å². The summed E-state index contributed by atoms with van der Waals surface area (Å²) >= 11 is 4.13. The Morgan fingerprint density at radius 3 is 1.67 bits per heavy atom. The molecule has 1 aromatic carbocycles. The van der Waals surface area contributed by atoms with Crippen LogP contribution in [0.15, 0.2) is 29.2 Å². The molecule has 1 aromatic rings. The van der Waals surface area contributed by atoms with E-state index in [0.717, 1.165) is 4.90 Å². The van der Waals surface area contributed by atoms with E-state index in [0.29, 0.717) is 0 Å². The second kappa shape index (κ2) is 6.88. The maximum Gasteiger partial charge on any atom is 0.437 e. The van der Waals surface area contributed by atoms with E-state index in [-0.39, 0.29) is 0 Å². The van der Waals surface area contributed by atoms with Gasteiger partial charge in [-0.2, -0.15) is 26.0 Å². The standard InChI is InChI=1S/C7H8S.C3H2F6O3S/c1-6-2-4-7(8)5-3-6;4-1(5)2(6,7)3(8,9)13(10,11)12/h2-5,8H,1H3;1H,(H,10,11,12). The molecule has 3 nitrogen and oxygen atoms in total. The summed E-state index contributed by atoms with van der Waals surface area (Å²) in [6.07, 6.45) is -4.90. The van der Waals surface area contributed by atoms with Crippen molar-refractivity contribution >= 4 is 22.7 Å². The van der Waals surface area contributed by atoms with Gasteiger partial charge < -0.3 is 0 Å². The van der Waals surface area contributed by atoms with E-state index in [9.17, 15) is 34.8 Å². The van der Waals surface area contributed by atoms with Gasteiger partial charge in [0, 0.05) is 4.90 Å². The average molecular weight is 356 g/mol. The van der Waals surface area contributed by atoms with Crippen LogP contribution in [0.5, 0.6) is 0 Å². The molecule has 0 atom stereocenters. The minimum absolute atomic E-state index is 1.02. The van der Waals surface area contributed by atoms with Gasteiger partial charge in [-0.25, -0.2) is 8.78 Å². The van der Waals surface area contributed by atoms with Crippen molar-refractivity contribution in [1.82, 2.24) is 0 Å². The van der Waals surface area contributed by atoms with Gasteiger partial charge in [-0.05, 0) is 19.1 Å². The SMILES string of the molecule is Cc1ccc(S)cc1.O=S(=O)(O)C(F)(F)C(F)(F)C(F)F. The molecule has 0 heterocycles. The first-order valence-electron chi connectivity index (χ1n) is 5.00. The van der Waals surface area contributed by atoms with Crippen molar-refractivity contribution in [1.29, 1.82) is 0 Å².